The summed E-state index contributed by atoms with van der Waals surface area (Å²) in [5.74, 6) is 0. The van der Waals surface area contributed by atoms with E-state index in [1.54, 1.807) is 2.88 Å². The average Bonchev–Trinajstić information content (AvgIpc) is 3.12. The molecule has 1 nitrogen and oxygen atoms in total. The predicted octanol–water partition coefficient (Wildman–Crippen LogP) is -0.0600. The minimum absolute atomic E-state index is 1.20. The molecule has 20 heavy (non-hydrogen) atoms. The Kier molecular flexibility index (Phi) is 3.20. The van der Waals surface area contributed by atoms with Gasteiger partial charge in [0, 0.05) is 0 Å². The van der Waals surface area contributed by atoms with Gasteiger partial charge in [-0.1, -0.05) is 0 Å². The molecule has 4 heteroatoms. The van der Waals surface area contributed by atoms with Gasteiger partial charge in [-0.05, 0) is 0 Å². The van der Waals surface area contributed by atoms with Crippen molar-refractivity contribution in [2.45, 2.75) is 6.92 Å². The zero-order chi connectivity index (χ0) is 13.6. The van der Waals surface area contributed by atoms with Crippen LogP contribution in [0.25, 0.3) is 20.4 Å². The second-order valence-electron chi connectivity index (χ2n) is 4.80. The zero-order valence-electron chi connectivity index (χ0n) is 11.2. The summed E-state index contributed by atoms with van der Waals surface area (Å²) < 4.78 is 8.38. The Bertz CT molecular complexity index is 859. The zero-order valence-corrected chi connectivity index (χ0v) is 15.0. The number of rotatable bonds is 2. The van der Waals surface area contributed by atoms with E-state index in [1.807, 2.05) is 34.9 Å². The fourth-order valence-electron chi connectivity index (χ4n) is 2.52. The molecule has 0 aromatic carbocycles. The van der Waals surface area contributed by atoms with E-state index in [4.69, 9.17) is 0 Å². The number of hydrogen-bond acceptors (Lipinski definition) is 3. The third-order valence-corrected chi connectivity index (χ3v) is 17.6. The van der Waals surface area contributed by atoms with Crippen LogP contribution in [0.4, 0.5) is 0 Å². The summed E-state index contributed by atoms with van der Waals surface area (Å²) in [6.45, 7) is 2.37. The molecule has 0 N–H and O–H groups in total. The van der Waals surface area contributed by atoms with Crippen molar-refractivity contribution in [1.82, 2.24) is 4.98 Å². The molecule has 0 saturated carbocycles. The Hall–Kier alpha value is -0.720. The Balaban J connectivity index is 1.94. The van der Waals surface area contributed by atoms with Crippen LogP contribution in [-0.4, -0.2) is 13.8 Å². The predicted molar refractivity (Wildman–Crippen MR) is 86.2 cm³/mol. The van der Waals surface area contributed by atoms with E-state index in [9.17, 15) is 0 Å². The first kappa shape index (κ1) is 13.0. The molecular formula is C16H15INS2-. The summed E-state index contributed by atoms with van der Waals surface area (Å²) in [5.41, 5.74) is 0. The number of halogens is 1. The Labute approximate surface area is 130 Å². The molecule has 0 saturated heterocycles. The Morgan fingerprint density at radius 2 is 2.30 bits per heavy atom. The Morgan fingerprint density at radius 1 is 1.35 bits per heavy atom. The van der Waals surface area contributed by atoms with Crippen molar-refractivity contribution < 1.29 is 18.4 Å². The molecule has 0 aliphatic carbocycles. The van der Waals surface area contributed by atoms with Gasteiger partial charge in [0.1, 0.15) is 0 Å². The van der Waals surface area contributed by atoms with Gasteiger partial charge in [0.15, 0.2) is 0 Å². The van der Waals surface area contributed by atoms with Crippen LogP contribution in [0.1, 0.15) is 6.92 Å². The molecule has 0 amide bonds. The average molecular weight is 412 g/mol. The number of fused-ring (bicyclic) bond motifs is 2. The van der Waals surface area contributed by atoms with E-state index in [-0.39, 0.29) is 0 Å². The number of aromatic nitrogens is 1. The standard InChI is InChI=1S/C16H15INS2/c1-2-17(7-5-12-6-9-19-14(12)11-17)15-10-13-4-3-8-18-16(13)20-15/h3-6,8-11H,2,7H2,1H3/q-1. The summed E-state index contributed by atoms with van der Waals surface area (Å²) in [6, 6.07) is 8.90. The maximum atomic E-state index is 4.52. The second kappa shape index (κ2) is 4.93. The topological polar surface area (TPSA) is 12.9 Å². The number of pyridine rings is 1. The second-order valence-corrected chi connectivity index (χ2v) is 16.7. The minimum atomic E-state index is -2.02. The van der Waals surface area contributed by atoms with Crippen molar-refractivity contribution in [3.63, 3.8) is 0 Å². The number of alkyl halides is 2. The first-order valence-corrected chi connectivity index (χ1v) is 13.7. The van der Waals surface area contributed by atoms with Crippen LogP contribution in [0.15, 0.2) is 35.8 Å². The van der Waals surface area contributed by atoms with Gasteiger partial charge in [-0.2, -0.15) is 0 Å². The molecule has 0 spiro atoms. The van der Waals surface area contributed by atoms with Gasteiger partial charge in [0.25, 0.3) is 0 Å². The van der Waals surface area contributed by atoms with Crippen molar-refractivity contribution in [3.05, 3.63) is 48.5 Å². The van der Waals surface area contributed by atoms with E-state index in [0.29, 0.717) is 0 Å². The molecule has 4 rings (SSSR count). The molecule has 104 valence electrons. The molecule has 0 radical (unpaired) electrons. The van der Waals surface area contributed by atoms with Gasteiger partial charge in [0.05, 0.1) is 0 Å². The first-order valence-electron chi connectivity index (χ1n) is 6.62. The van der Waals surface area contributed by atoms with Crippen molar-refractivity contribution in [2.24, 2.45) is 0 Å². The maximum absolute atomic E-state index is 4.52. The van der Waals surface area contributed by atoms with Crippen LogP contribution in [0, 0.1) is 2.88 Å². The number of nitrogens with zero attached hydrogens (tertiary/aromatic N) is 1. The van der Waals surface area contributed by atoms with Gasteiger partial charge in [-0.15, -0.1) is 0 Å². The Morgan fingerprint density at radius 3 is 3.15 bits per heavy atom. The van der Waals surface area contributed by atoms with Crippen LogP contribution in [0.2, 0.25) is 0 Å². The molecule has 1 unspecified atom stereocenters. The summed E-state index contributed by atoms with van der Waals surface area (Å²) >= 11 is 1.80. The van der Waals surface area contributed by atoms with Crippen LogP contribution in [-0.2, 0) is 0 Å². The molecule has 0 bridgehead atoms. The third-order valence-electron chi connectivity index (χ3n) is 3.72. The van der Waals surface area contributed by atoms with E-state index < -0.39 is 18.4 Å². The van der Waals surface area contributed by atoms with Gasteiger partial charge >= 0.3 is 131 Å². The molecular weight excluding hydrogens is 397 g/mol. The third kappa shape index (κ3) is 1.96. The summed E-state index contributed by atoms with van der Waals surface area (Å²) in [6.07, 6.45) is 4.38. The van der Waals surface area contributed by atoms with Gasteiger partial charge in [-0.3, -0.25) is 0 Å². The molecule has 3 aromatic rings. The fourth-order valence-corrected chi connectivity index (χ4v) is 15.5. The van der Waals surface area contributed by atoms with Crippen molar-refractivity contribution in [3.8, 4) is 0 Å². The van der Waals surface area contributed by atoms with Gasteiger partial charge < -0.3 is 0 Å². The van der Waals surface area contributed by atoms with Gasteiger partial charge in [-0.25, -0.2) is 0 Å². The molecule has 4 heterocycles. The molecule has 1 aliphatic heterocycles. The van der Waals surface area contributed by atoms with E-state index in [0.717, 1.165) is 0 Å². The summed E-state index contributed by atoms with van der Waals surface area (Å²) in [5, 5.41) is 4.98. The molecule has 1 aliphatic rings. The van der Waals surface area contributed by atoms with Crippen LogP contribution in [0.3, 0.4) is 0 Å². The van der Waals surface area contributed by atoms with Crippen molar-refractivity contribution in [2.75, 3.05) is 8.86 Å². The molecule has 0 fully saturated rings. The number of thiophene rings is 2. The number of hydrogen-bond donors (Lipinski definition) is 0. The van der Waals surface area contributed by atoms with E-state index in [1.165, 1.54) is 28.8 Å². The van der Waals surface area contributed by atoms with Crippen LogP contribution < -0.4 is 28.2 Å². The molecule has 3 aromatic heterocycles. The van der Waals surface area contributed by atoms with Crippen LogP contribution >= 0.6 is 22.7 Å². The van der Waals surface area contributed by atoms with Crippen molar-refractivity contribution in [1.29, 1.82) is 0 Å². The normalized spacial score (nSPS) is 24.4. The quantitative estimate of drug-likeness (QED) is 0.425. The van der Waals surface area contributed by atoms with E-state index in [2.05, 4.69) is 45.6 Å². The SMILES string of the molecule is CC[I-]1(c2cc3cccnc3s2)C=c2sccc2=CC1. The first-order chi connectivity index (χ1) is 9.81. The van der Waals surface area contributed by atoms with Crippen molar-refractivity contribution >= 4 is 43.0 Å². The summed E-state index contributed by atoms with van der Waals surface area (Å²) in [4.78, 5) is 5.72. The monoisotopic (exact) mass is 412 g/mol. The molecule has 1 atom stereocenters. The fraction of sp³-hybridized carbons (Fsp3) is 0.188. The van der Waals surface area contributed by atoms with E-state index >= 15 is 0 Å². The summed E-state index contributed by atoms with van der Waals surface area (Å²) in [7, 11) is 0. The van der Waals surface area contributed by atoms with Gasteiger partial charge in [0.2, 0.25) is 0 Å². The van der Waals surface area contributed by atoms with Crippen LogP contribution in [0.5, 0.6) is 0 Å².